The van der Waals surface area contributed by atoms with Crippen LogP contribution in [0.3, 0.4) is 0 Å². The highest BCUT2D eigenvalue weighted by Gasteiger charge is 2.24. The van der Waals surface area contributed by atoms with E-state index in [9.17, 15) is 22.0 Å². The highest BCUT2D eigenvalue weighted by molar-refractivity contribution is 7.92. The van der Waals surface area contributed by atoms with Gasteiger partial charge >= 0.3 is 0 Å². The van der Waals surface area contributed by atoms with E-state index in [1.54, 1.807) is 12.1 Å². The van der Waals surface area contributed by atoms with Crippen LogP contribution in [0.15, 0.2) is 48.7 Å². The lowest BCUT2D eigenvalue weighted by atomic mass is 10.1. The van der Waals surface area contributed by atoms with Crippen LogP contribution in [0.5, 0.6) is 0 Å². The molecule has 4 rings (SSSR count). The zero-order valence-electron chi connectivity index (χ0n) is 17.4. The summed E-state index contributed by atoms with van der Waals surface area (Å²) in [6.45, 7) is 0. The fourth-order valence-electron chi connectivity index (χ4n) is 2.90. The van der Waals surface area contributed by atoms with Gasteiger partial charge in [0.1, 0.15) is 5.82 Å². The van der Waals surface area contributed by atoms with Gasteiger partial charge in [-0.2, -0.15) is 4.98 Å². The van der Waals surface area contributed by atoms with Gasteiger partial charge in [-0.05, 0) is 43.2 Å². The topological polar surface area (TPSA) is 125 Å². The molecule has 1 heterocycles. The summed E-state index contributed by atoms with van der Waals surface area (Å²) in [5.41, 5.74) is 0.631. The second kappa shape index (κ2) is 8.98. The number of carbonyl (C=O) groups excluding carboxylic acids is 1. The molecule has 1 amide bonds. The molecule has 0 aliphatic heterocycles. The molecule has 0 radical (unpaired) electrons. The van der Waals surface area contributed by atoms with Gasteiger partial charge in [-0.25, -0.2) is 22.2 Å². The first-order valence-corrected chi connectivity index (χ1v) is 11.8. The molecule has 0 unspecified atom stereocenters. The van der Waals surface area contributed by atoms with Crippen LogP contribution in [-0.4, -0.2) is 36.6 Å². The predicted molar refractivity (Wildman–Crippen MR) is 120 cm³/mol. The van der Waals surface area contributed by atoms with Gasteiger partial charge in [0.2, 0.25) is 16.0 Å². The third kappa shape index (κ3) is 5.92. The molecule has 9 nitrogen and oxygen atoms in total. The Morgan fingerprint density at radius 1 is 1.00 bits per heavy atom. The monoisotopic (exact) mass is 474 g/mol. The van der Waals surface area contributed by atoms with Gasteiger partial charge in [-0.15, -0.1) is 0 Å². The molecule has 12 heteroatoms. The Labute approximate surface area is 188 Å². The number of halogens is 2. The average molecular weight is 474 g/mol. The number of nitrogens with one attached hydrogen (secondary N) is 4. The summed E-state index contributed by atoms with van der Waals surface area (Å²) in [5, 5.41) is 8.18. The van der Waals surface area contributed by atoms with Crippen LogP contribution in [0.4, 0.5) is 37.6 Å². The van der Waals surface area contributed by atoms with Gasteiger partial charge < -0.3 is 16.0 Å². The molecule has 3 aromatic rings. The Morgan fingerprint density at radius 3 is 2.42 bits per heavy atom. The Bertz CT molecular complexity index is 1320. The molecule has 4 N–H and O–H groups in total. The van der Waals surface area contributed by atoms with Crippen LogP contribution in [0.2, 0.25) is 0 Å². The highest BCUT2D eigenvalue weighted by Crippen LogP contribution is 2.28. The van der Waals surface area contributed by atoms with E-state index in [4.69, 9.17) is 0 Å². The smallest absolute Gasteiger partial charge is 0.251 e. The number of nitrogens with zero attached hydrogens (tertiary/aromatic N) is 2. The van der Waals surface area contributed by atoms with Crippen molar-refractivity contribution in [3.8, 4) is 0 Å². The Hall–Kier alpha value is -3.80. The van der Waals surface area contributed by atoms with Crippen LogP contribution in [0, 0.1) is 11.6 Å². The number of hydrogen-bond donors (Lipinski definition) is 4. The summed E-state index contributed by atoms with van der Waals surface area (Å²) in [5.74, 6) is -2.18. The minimum atomic E-state index is -3.57. The van der Waals surface area contributed by atoms with E-state index < -0.39 is 21.7 Å². The molecule has 33 heavy (non-hydrogen) atoms. The van der Waals surface area contributed by atoms with Crippen LogP contribution in [0.1, 0.15) is 23.2 Å². The fourth-order valence-corrected chi connectivity index (χ4v) is 3.48. The molecule has 1 aliphatic carbocycles. The first-order chi connectivity index (χ1) is 15.7. The molecule has 1 saturated carbocycles. The van der Waals surface area contributed by atoms with E-state index in [-0.39, 0.29) is 46.3 Å². The maximum absolute atomic E-state index is 14.4. The molecule has 0 saturated heterocycles. The molecule has 0 spiro atoms. The van der Waals surface area contributed by atoms with Crippen molar-refractivity contribution in [1.82, 2.24) is 15.3 Å². The van der Waals surface area contributed by atoms with Crippen LogP contribution < -0.4 is 20.7 Å². The second-order valence-electron chi connectivity index (χ2n) is 7.50. The van der Waals surface area contributed by atoms with Gasteiger partial charge in [0.15, 0.2) is 11.6 Å². The number of sulfonamides is 1. The standard InChI is InChI=1S/C21H20F2N6O3S/c1-33(31,32)29-17-5-3-2-4-16(17)26-19-15(23)11-24-21(28-19)27-18-10-12(6-9-14(18)22)20(30)25-13-7-8-13/h2-6,9-11,13,29H,7-8H2,1H3,(H,25,30)(H2,24,26,27,28). The van der Waals surface area contributed by atoms with Crippen molar-refractivity contribution < 1.29 is 22.0 Å². The Kier molecular flexibility index (Phi) is 6.09. The van der Waals surface area contributed by atoms with Crippen molar-refractivity contribution in [2.45, 2.75) is 18.9 Å². The van der Waals surface area contributed by atoms with Crippen molar-refractivity contribution in [1.29, 1.82) is 0 Å². The van der Waals surface area contributed by atoms with Gasteiger partial charge in [-0.1, -0.05) is 12.1 Å². The Balaban J connectivity index is 1.57. The van der Waals surface area contributed by atoms with Crippen molar-refractivity contribution in [3.63, 3.8) is 0 Å². The lowest BCUT2D eigenvalue weighted by Gasteiger charge is -2.14. The third-order valence-corrected chi connectivity index (χ3v) is 5.20. The summed E-state index contributed by atoms with van der Waals surface area (Å²) >= 11 is 0. The Morgan fingerprint density at radius 2 is 1.73 bits per heavy atom. The minimum Gasteiger partial charge on any atom is -0.349 e. The SMILES string of the molecule is CS(=O)(=O)Nc1ccccc1Nc1nc(Nc2cc(C(=O)NC3CC3)ccc2F)ncc1F. The number of carbonyl (C=O) groups is 1. The average Bonchev–Trinajstić information content (AvgIpc) is 3.56. The first kappa shape index (κ1) is 22.4. The van der Waals surface area contributed by atoms with Crippen molar-refractivity contribution in [2.24, 2.45) is 0 Å². The van der Waals surface area contributed by atoms with Gasteiger partial charge in [-0.3, -0.25) is 9.52 Å². The molecule has 1 fully saturated rings. The minimum absolute atomic E-state index is 0.0600. The van der Waals surface area contributed by atoms with Crippen LogP contribution >= 0.6 is 0 Å². The summed E-state index contributed by atoms with van der Waals surface area (Å²) in [4.78, 5) is 20.1. The van der Waals surface area contributed by atoms with E-state index in [1.165, 1.54) is 24.3 Å². The molecule has 2 aromatic carbocycles. The lowest BCUT2D eigenvalue weighted by molar-refractivity contribution is 0.0951. The van der Waals surface area contributed by atoms with Gasteiger partial charge in [0, 0.05) is 11.6 Å². The van der Waals surface area contributed by atoms with Gasteiger partial charge in [0.05, 0.1) is 29.5 Å². The molecule has 0 bridgehead atoms. The molecule has 1 aromatic heterocycles. The summed E-state index contributed by atoms with van der Waals surface area (Å²) in [6.07, 6.45) is 3.70. The van der Waals surface area contributed by atoms with E-state index in [1.807, 2.05) is 0 Å². The largest absolute Gasteiger partial charge is 0.349 e. The summed E-state index contributed by atoms with van der Waals surface area (Å²) in [7, 11) is -3.57. The molecular formula is C21H20F2N6O3S. The number of amides is 1. The van der Waals surface area contributed by atoms with E-state index in [0.717, 1.165) is 31.4 Å². The third-order valence-electron chi connectivity index (χ3n) is 4.61. The number of rotatable bonds is 8. The lowest BCUT2D eigenvalue weighted by Crippen LogP contribution is -2.25. The molecule has 0 atom stereocenters. The zero-order chi connectivity index (χ0) is 23.6. The summed E-state index contributed by atoms with van der Waals surface area (Å²) < 4.78 is 54.2. The number of anilines is 5. The van der Waals surface area contributed by atoms with Crippen LogP contribution in [0.25, 0.3) is 0 Å². The van der Waals surface area contributed by atoms with Crippen molar-refractivity contribution >= 4 is 44.8 Å². The first-order valence-electron chi connectivity index (χ1n) is 9.92. The predicted octanol–water partition coefficient (Wildman–Crippen LogP) is 3.51. The van der Waals surface area contributed by atoms with Crippen molar-refractivity contribution in [2.75, 3.05) is 21.6 Å². The zero-order valence-corrected chi connectivity index (χ0v) is 18.2. The maximum atomic E-state index is 14.4. The quantitative estimate of drug-likeness (QED) is 0.394. The second-order valence-corrected chi connectivity index (χ2v) is 9.25. The number of para-hydroxylation sites is 2. The molecule has 172 valence electrons. The summed E-state index contributed by atoms with van der Waals surface area (Å²) in [6, 6.07) is 10.2. The van der Waals surface area contributed by atoms with Crippen LogP contribution in [-0.2, 0) is 10.0 Å². The normalized spacial score (nSPS) is 13.3. The van der Waals surface area contributed by atoms with E-state index in [0.29, 0.717) is 0 Å². The molecule has 1 aliphatic rings. The van der Waals surface area contributed by atoms with Gasteiger partial charge in [0.25, 0.3) is 5.91 Å². The fraction of sp³-hybridized carbons (Fsp3) is 0.190. The van der Waals surface area contributed by atoms with Crippen molar-refractivity contribution in [3.05, 3.63) is 65.9 Å². The number of aromatic nitrogens is 2. The molecular weight excluding hydrogens is 454 g/mol. The van der Waals surface area contributed by atoms with E-state index >= 15 is 0 Å². The number of benzene rings is 2. The maximum Gasteiger partial charge on any atom is 0.251 e. The van der Waals surface area contributed by atoms with E-state index in [2.05, 4.69) is 30.6 Å². The highest BCUT2D eigenvalue weighted by atomic mass is 32.2. The number of hydrogen-bond acceptors (Lipinski definition) is 7.